The summed E-state index contributed by atoms with van der Waals surface area (Å²) < 4.78 is 8.14. The molecule has 0 spiro atoms. The van der Waals surface area contributed by atoms with Crippen molar-refractivity contribution in [1.82, 2.24) is 14.5 Å². The number of nitrogens with two attached hydrogens (primary N) is 1. The van der Waals surface area contributed by atoms with Crippen LogP contribution in [0.5, 0.6) is 0 Å². The number of imidazole rings is 1. The summed E-state index contributed by atoms with van der Waals surface area (Å²) in [6.45, 7) is 5.60. The minimum Gasteiger partial charge on any atom is -0.364 e. The van der Waals surface area contributed by atoms with Crippen LogP contribution < -0.4 is 5.73 Å². The lowest BCUT2D eigenvalue weighted by molar-refractivity contribution is -0.143. The molecular weight excluding hydrogens is 399 g/mol. The molecule has 1 aromatic carbocycles. The van der Waals surface area contributed by atoms with Crippen LogP contribution in [0.4, 0.5) is 0 Å². The maximum atomic E-state index is 13.1. The standard InChI is InChI=1S/C20H28N4O2.2ClH/c1-13(2)24-16-7-4-3-6-15(16)22-19(24)17-8-5-11-23(17)20(25)18-10-9-14(12-21)26-18;;/h3-4,6-7,13-14,17-18H,5,8-12,21H2,1-2H3;2*1H/t14-,17?,18+;;/m1../s1. The third-order valence-corrected chi connectivity index (χ3v) is 5.62. The second-order valence-electron chi connectivity index (χ2n) is 7.67. The molecule has 2 aliphatic rings. The maximum absolute atomic E-state index is 13.1. The Morgan fingerprint density at radius 1 is 1.25 bits per heavy atom. The van der Waals surface area contributed by atoms with E-state index in [-0.39, 0.29) is 49.0 Å². The number of carbonyl (C=O) groups is 1. The molecule has 0 radical (unpaired) electrons. The summed E-state index contributed by atoms with van der Waals surface area (Å²) in [5.74, 6) is 1.10. The van der Waals surface area contributed by atoms with E-state index in [1.54, 1.807) is 0 Å². The van der Waals surface area contributed by atoms with E-state index >= 15 is 0 Å². The molecule has 1 unspecified atom stereocenters. The number of likely N-dealkylation sites (tertiary alicyclic amines) is 1. The van der Waals surface area contributed by atoms with Crippen LogP contribution in [0.25, 0.3) is 11.0 Å². The Hall–Kier alpha value is -1.34. The molecule has 156 valence electrons. The fourth-order valence-corrected chi connectivity index (χ4v) is 4.39. The fraction of sp³-hybridized carbons (Fsp3) is 0.600. The molecule has 2 aromatic rings. The first-order valence-electron chi connectivity index (χ1n) is 9.73. The number of rotatable bonds is 4. The number of carbonyl (C=O) groups excluding carboxylic acids is 1. The van der Waals surface area contributed by atoms with Gasteiger partial charge in [0.05, 0.1) is 23.2 Å². The SMILES string of the molecule is CC(C)n1c(C2CCCN2C(=O)[C@@H]2CC[C@H](CN)O2)nc2ccccc21.Cl.Cl. The van der Waals surface area contributed by atoms with Gasteiger partial charge in [0, 0.05) is 19.1 Å². The number of para-hydroxylation sites is 2. The van der Waals surface area contributed by atoms with Gasteiger partial charge in [-0.3, -0.25) is 4.79 Å². The first-order chi connectivity index (χ1) is 12.6. The molecule has 3 atom stereocenters. The van der Waals surface area contributed by atoms with E-state index in [1.165, 1.54) is 0 Å². The third kappa shape index (κ3) is 4.01. The zero-order valence-corrected chi connectivity index (χ0v) is 18.0. The average Bonchev–Trinajstić information content (AvgIpc) is 3.36. The van der Waals surface area contributed by atoms with Crippen LogP contribution in [0.3, 0.4) is 0 Å². The molecule has 2 aliphatic heterocycles. The Balaban J connectivity index is 0.00000140. The minimum atomic E-state index is -0.346. The minimum absolute atomic E-state index is 0. The number of hydrogen-bond donors (Lipinski definition) is 1. The van der Waals surface area contributed by atoms with Gasteiger partial charge in [0.25, 0.3) is 5.91 Å². The van der Waals surface area contributed by atoms with E-state index in [1.807, 2.05) is 23.1 Å². The molecular formula is C20H30Cl2N4O2. The summed E-state index contributed by atoms with van der Waals surface area (Å²) in [4.78, 5) is 20.0. The van der Waals surface area contributed by atoms with E-state index < -0.39 is 0 Å². The first-order valence-corrected chi connectivity index (χ1v) is 9.73. The Labute approximate surface area is 178 Å². The summed E-state index contributed by atoms with van der Waals surface area (Å²) in [6, 6.07) is 8.53. The van der Waals surface area contributed by atoms with Crippen LogP contribution in [-0.2, 0) is 9.53 Å². The van der Waals surface area contributed by atoms with E-state index in [2.05, 4.69) is 24.5 Å². The lowest BCUT2D eigenvalue weighted by Gasteiger charge is -2.28. The van der Waals surface area contributed by atoms with Crippen molar-refractivity contribution in [2.24, 2.45) is 5.73 Å². The van der Waals surface area contributed by atoms with Crippen molar-refractivity contribution >= 4 is 41.8 Å². The van der Waals surface area contributed by atoms with Gasteiger partial charge in [0.2, 0.25) is 0 Å². The number of benzene rings is 1. The summed E-state index contributed by atoms with van der Waals surface area (Å²) in [7, 11) is 0. The number of aromatic nitrogens is 2. The molecule has 6 nitrogen and oxygen atoms in total. The number of amides is 1. The lowest BCUT2D eigenvalue weighted by atomic mass is 10.1. The highest BCUT2D eigenvalue weighted by molar-refractivity contribution is 5.85. The van der Waals surface area contributed by atoms with Crippen molar-refractivity contribution in [2.45, 2.75) is 63.8 Å². The molecule has 8 heteroatoms. The Morgan fingerprint density at radius 2 is 2.00 bits per heavy atom. The number of nitrogens with zero attached hydrogens (tertiary/aromatic N) is 3. The second kappa shape index (κ2) is 9.44. The Morgan fingerprint density at radius 3 is 2.68 bits per heavy atom. The summed E-state index contributed by atoms with van der Waals surface area (Å²) in [6.07, 6.45) is 3.27. The quantitative estimate of drug-likeness (QED) is 0.806. The zero-order valence-electron chi connectivity index (χ0n) is 16.4. The molecule has 0 aliphatic carbocycles. The summed E-state index contributed by atoms with van der Waals surface area (Å²) >= 11 is 0. The predicted molar refractivity (Wildman–Crippen MR) is 115 cm³/mol. The molecule has 2 fully saturated rings. The van der Waals surface area contributed by atoms with Gasteiger partial charge in [-0.1, -0.05) is 12.1 Å². The van der Waals surface area contributed by atoms with Crippen molar-refractivity contribution in [3.63, 3.8) is 0 Å². The van der Waals surface area contributed by atoms with Crippen molar-refractivity contribution in [2.75, 3.05) is 13.1 Å². The number of halogens is 2. The summed E-state index contributed by atoms with van der Waals surface area (Å²) in [5.41, 5.74) is 7.83. The number of hydrogen-bond acceptors (Lipinski definition) is 4. The van der Waals surface area contributed by atoms with Crippen molar-refractivity contribution < 1.29 is 9.53 Å². The Bertz CT molecular complexity index is 811. The Kier molecular flexibility index (Phi) is 7.73. The van der Waals surface area contributed by atoms with Crippen LogP contribution >= 0.6 is 24.8 Å². The number of ether oxygens (including phenoxy) is 1. The van der Waals surface area contributed by atoms with Gasteiger partial charge < -0.3 is 19.9 Å². The lowest BCUT2D eigenvalue weighted by Crippen LogP contribution is -2.40. The molecule has 2 N–H and O–H groups in total. The highest BCUT2D eigenvalue weighted by Crippen LogP contribution is 2.36. The van der Waals surface area contributed by atoms with E-state index in [9.17, 15) is 4.79 Å². The molecule has 28 heavy (non-hydrogen) atoms. The van der Waals surface area contributed by atoms with Crippen LogP contribution in [0.2, 0.25) is 0 Å². The van der Waals surface area contributed by atoms with Gasteiger partial charge in [-0.05, 0) is 51.7 Å². The normalized spacial score (nSPS) is 24.4. The van der Waals surface area contributed by atoms with Gasteiger partial charge in [0.1, 0.15) is 11.9 Å². The molecule has 1 amide bonds. The molecule has 0 saturated carbocycles. The highest BCUT2D eigenvalue weighted by atomic mass is 35.5. The van der Waals surface area contributed by atoms with Gasteiger partial charge >= 0.3 is 0 Å². The summed E-state index contributed by atoms with van der Waals surface area (Å²) in [5, 5.41) is 0. The van der Waals surface area contributed by atoms with Crippen LogP contribution in [0.1, 0.15) is 57.4 Å². The monoisotopic (exact) mass is 428 g/mol. The van der Waals surface area contributed by atoms with E-state index in [0.717, 1.165) is 49.1 Å². The molecule has 4 rings (SSSR count). The highest BCUT2D eigenvalue weighted by Gasteiger charge is 2.40. The van der Waals surface area contributed by atoms with Crippen LogP contribution in [-0.4, -0.2) is 45.7 Å². The fourth-order valence-electron chi connectivity index (χ4n) is 4.39. The van der Waals surface area contributed by atoms with Gasteiger partial charge in [-0.15, -0.1) is 24.8 Å². The largest absolute Gasteiger partial charge is 0.364 e. The molecule has 2 saturated heterocycles. The third-order valence-electron chi connectivity index (χ3n) is 5.62. The van der Waals surface area contributed by atoms with Gasteiger partial charge in [-0.25, -0.2) is 4.98 Å². The number of fused-ring (bicyclic) bond motifs is 1. The molecule has 1 aromatic heterocycles. The topological polar surface area (TPSA) is 73.4 Å². The van der Waals surface area contributed by atoms with Crippen molar-refractivity contribution in [3.05, 3.63) is 30.1 Å². The van der Waals surface area contributed by atoms with Crippen LogP contribution in [0, 0.1) is 0 Å². The van der Waals surface area contributed by atoms with Gasteiger partial charge in [0.15, 0.2) is 0 Å². The zero-order chi connectivity index (χ0) is 18.3. The van der Waals surface area contributed by atoms with E-state index in [0.29, 0.717) is 12.6 Å². The first kappa shape index (κ1) is 22.9. The predicted octanol–water partition coefficient (Wildman–Crippen LogP) is 3.63. The smallest absolute Gasteiger partial charge is 0.252 e. The van der Waals surface area contributed by atoms with E-state index in [4.69, 9.17) is 15.5 Å². The van der Waals surface area contributed by atoms with Crippen LogP contribution in [0.15, 0.2) is 24.3 Å². The van der Waals surface area contributed by atoms with Gasteiger partial charge in [-0.2, -0.15) is 0 Å². The van der Waals surface area contributed by atoms with Crippen molar-refractivity contribution in [1.29, 1.82) is 0 Å². The average molecular weight is 429 g/mol. The van der Waals surface area contributed by atoms with Crippen molar-refractivity contribution in [3.8, 4) is 0 Å². The molecule has 3 heterocycles. The maximum Gasteiger partial charge on any atom is 0.252 e. The second-order valence-corrected chi connectivity index (χ2v) is 7.67. The molecule has 0 bridgehead atoms.